The quantitative estimate of drug-likeness (QED) is 0.535. The number of likely N-dealkylation sites (tertiary alicyclic amines) is 1. The predicted molar refractivity (Wildman–Crippen MR) is 123 cm³/mol. The van der Waals surface area contributed by atoms with Crippen LogP contribution < -0.4 is 21.1 Å². The highest BCUT2D eigenvalue weighted by atomic mass is 35.5. The number of nitrogens with two attached hydrogens (primary N) is 1. The molecule has 2 aromatic rings. The summed E-state index contributed by atoms with van der Waals surface area (Å²) in [4.78, 5) is 53.4. The van der Waals surface area contributed by atoms with Gasteiger partial charge in [0.2, 0.25) is 23.6 Å². The first-order valence-electron chi connectivity index (χ1n) is 10.9. The molecule has 2 aromatic carbocycles. The maximum absolute atomic E-state index is 13.7. The fourth-order valence-corrected chi connectivity index (χ4v) is 5.62. The summed E-state index contributed by atoms with van der Waals surface area (Å²) in [5.41, 5.74) is 5.69. The lowest BCUT2D eigenvalue weighted by molar-refractivity contribution is -0.143. The molecule has 5 rings (SSSR count). The number of benzene rings is 2. The summed E-state index contributed by atoms with van der Waals surface area (Å²) in [5.74, 6) is -2.91. The zero-order valence-electron chi connectivity index (χ0n) is 18.3. The molecule has 10 heteroatoms. The van der Waals surface area contributed by atoms with E-state index in [1.165, 1.54) is 4.90 Å². The number of imide groups is 1. The molecule has 4 amide bonds. The molecule has 34 heavy (non-hydrogen) atoms. The van der Waals surface area contributed by atoms with Gasteiger partial charge in [0, 0.05) is 28.7 Å². The highest BCUT2D eigenvalue weighted by molar-refractivity contribution is 6.31. The number of halogens is 1. The van der Waals surface area contributed by atoms with Crippen LogP contribution in [0.2, 0.25) is 5.02 Å². The van der Waals surface area contributed by atoms with Crippen LogP contribution in [0.4, 0.5) is 5.69 Å². The van der Waals surface area contributed by atoms with Crippen LogP contribution in [0.15, 0.2) is 42.5 Å². The van der Waals surface area contributed by atoms with Gasteiger partial charge in [-0.2, -0.15) is 0 Å². The van der Waals surface area contributed by atoms with E-state index in [1.807, 2.05) is 0 Å². The number of ether oxygens (including phenoxy) is 1. The number of methoxy groups -OCH3 is 1. The molecule has 0 aromatic heterocycles. The van der Waals surface area contributed by atoms with Gasteiger partial charge >= 0.3 is 0 Å². The summed E-state index contributed by atoms with van der Waals surface area (Å²) in [7, 11) is 1.55. The zero-order valence-corrected chi connectivity index (χ0v) is 19.1. The van der Waals surface area contributed by atoms with E-state index in [1.54, 1.807) is 49.6 Å². The average molecular weight is 483 g/mol. The van der Waals surface area contributed by atoms with Crippen molar-refractivity contribution in [3.05, 3.63) is 58.6 Å². The Labute approximate surface area is 200 Å². The van der Waals surface area contributed by atoms with Gasteiger partial charge in [0.15, 0.2) is 0 Å². The monoisotopic (exact) mass is 482 g/mol. The average Bonchev–Trinajstić information content (AvgIpc) is 3.39. The van der Waals surface area contributed by atoms with Crippen molar-refractivity contribution < 1.29 is 23.9 Å². The summed E-state index contributed by atoms with van der Waals surface area (Å²) < 4.78 is 5.17. The maximum Gasteiger partial charge on any atom is 0.250 e. The molecule has 0 radical (unpaired) electrons. The minimum atomic E-state index is -1.46. The Bertz CT molecular complexity index is 1220. The Hall–Kier alpha value is -3.43. The number of rotatable bonds is 6. The smallest absolute Gasteiger partial charge is 0.250 e. The Morgan fingerprint density at radius 1 is 1.15 bits per heavy atom. The van der Waals surface area contributed by atoms with E-state index in [2.05, 4.69) is 10.6 Å². The van der Waals surface area contributed by atoms with Crippen molar-refractivity contribution in [2.75, 3.05) is 12.4 Å². The molecular formula is C24H23ClN4O5. The molecule has 0 aliphatic carbocycles. The van der Waals surface area contributed by atoms with Gasteiger partial charge in [-0.25, -0.2) is 0 Å². The van der Waals surface area contributed by atoms with Crippen LogP contribution in [-0.2, 0) is 31.3 Å². The van der Waals surface area contributed by atoms with E-state index in [9.17, 15) is 19.2 Å². The van der Waals surface area contributed by atoms with E-state index < -0.39 is 41.1 Å². The van der Waals surface area contributed by atoms with Gasteiger partial charge in [0.25, 0.3) is 0 Å². The zero-order chi connectivity index (χ0) is 24.2. The summed E-state index contributed by atoms with van der Waals surface area (Å²) in [6.07, 6.45) is 0.234. The molecule has 0 unspecified atom stereocenters. The summed E-state index contributed by atoms with van der Waals surface area (Å²) in [5, 5.41) is 6.48. The molecular weight excluding hydrogens is 460 g/mol. The number of hydrogen-bond acceptors (Lipinski definition) is 6. The van der Waals surface area contributed by atoms with Crippen LogP contribution in [0.3, 0.4) is 0 Å². The van der Waals surface area contributed by atoms with Crippen LogP contribution in [0.25, 0.3) is 0 Å². The van der Waals surface area contributed by atoms with Crippen LogP contribution in [0, 0.1) is 11.8 Å². The third-order valence-corrected chi connectivity index (χ3v) is 7.20. The van der Waals surface area contributed by atoms with Gasteiger partial charge < -0.3 is 15.8 Å². The summed E-state index contributed by atoms with van der Waals surface area (Å²) in [6.45, 7) is 0.0668. The Kier molecular flexibility index (Phi) is 5.33. The predicted octanol–water partition coefficient (Wildman–Crippen LogP) is 1.53. The lowest BCUT2D eigenvalue weighted by Crippen LogP contribution is -2.53. The van der Waals surface area contributed by atoms with Gasteiger partial charge in [-0.15, -0.1) is 0 Å². The normalized spacial score (nSPS) is 27.2. The lowest BCUT2D eigenvalue weighted by Gasteiger charge is -2.29. The van der Waals surface area contributed by atoms with Crippen LogP contribution >= 0.6 is 11.6 Å². The van der Waals surface area contributed by atoms with Gasteiger partial charge in [-0.05, 0) is 42.3 Å². The molecule has 0 saturated carbocycles. The third kappa shape index (κ3) is 3.26. The van der Waals surface area contributed by atoms with Crippen molar-refractivity contribution in [3.8, 4) is 5.75 Å². The van der Waals surface area contributed by atoms with Crippen molar-refractivity contribution in [1.82, 2.24) is 10.2 Å². The van der Waals surface area contributed by atoms with Crippen LogP contribution in [0.5, 0.6) is 5.75 Å². The van der Waals surface area contributed by atoms with Crippen molar-refractivity contribution in [3.63, 3.8) is 0 Å². The van der Waals surface area contributed by atoms with Crippen molar-refractivity contribution in [2.45, 2.75) is 31.0 Å². The largest absolute Gasteiger partial charge is 0.497 e. The highest BCUT2D eigenvalue weighted by Crippen LogP contribution is 2.54. The van der Waals surface area contributed by atoms with E-state index >= 15 is 0 Å². The molecule has 9 nitrogen and oxygen atoms in total. The number of primary amides is 1. The van der Waals surface area contributed by atoms with Gasteiger partial charge in [-0.3, -0.25) is 29.4 Å². The van der Waals surface area contributed by atoms with Crippen molar-refractivity contribution >= 4 is 40.9 Å². The molecule has 3 heterocycles. The Morgan fingerprint density at radius 3 is 2.56 bits per heavy atom. The second-order valence-corrected chi connectivity index (χ2v) is 9.26. The molecule has 4 N–H and O–H groups in total. The third-order valence-electron chi connectivity index (χ3n) is 6.97. The highest BCUT2D eigenvalue weighted by Gasteiger charge is 2.70. The van der Waals surface area contributed by atoms with E-state index in [0.29, 0.717) is 22.0 Å². The molecule has 2 fully saturated rings. The van der Waals surface area contributed by atoms with Crippen LogP contribution in [0.1, 0.15) is 24.0 Å². The maximum atomic E-state index is 13.7. The molecule has 4 atom stereocenters. The van der Waals surface area contributed by atoms with Gasteiger partial charge in [0.05, 0.1) is 25.5 Å². The minimum absolute atomic E-state index is 0.0148. The number of carbonyl (C=O) groups excluding carboxylic acids is 4. The molecule has 3 aliphatic rings. The second-order valence-electron chi connectivity index (χ2n) is 8.82. The number of nitrogens with one attached hydrogen (secondary N) is 2. The first-order chi connectivity index (χ1) is 16.3. The number of anilines is 1. The SMILES string of the molecule is COc1ccc(CN2C(=O)[C@@H]3[C@H](CCC(N)=O)N[C@]4(C(=O)Nc5ccc(Cl)cc54)[C@@H]3C2=O)cc1. The van der Waals surface area contributed by atoms with Gasteiger partial charge in [-0.1, -0.05) is 23.7 Å². The standard InChI is InChI=1S/C24H23ClN4O5/c1-34-14-5-2-12(3-6-14)11-29-21(31)19-17(8-9-18(26)30)28-24(20(19)22(29)32)15-10-13(25)4-7-16(15)27-23(24)33/h2-7,10,17,19-20,28H,8-9,11H2,1H3,(H2,26,30)(H,27,33)/t17-,19+,20-,24-/m0/s1. The molecule has 1 spiro atoms. The Balaban J connectivity index is 1.56. The summed E-state index contributed by atoms with van der Waals surface area (Å²) >= 11 is 6.24. The fourth-order valence-electron chi connectivity index (χ4n) is 5.45. The van der Waals surface area contributed by atoms with Crippen molar-refractivity contribution in [2.24, 2.45) is 17.6 Å². The molecule has 3 aliphatic heterocycles. The lowest BCUT2D eigenvalue weighted by atomic mass is 9.76. The molecule has 0 bridgehead atoms. The fraction of sp³-hybridized carbons (Fsp3) is 0.333. The Morgan fingerprint density at radius 2 is 1.88 bits per heavy atom. The number of hydrogen-bond donors (Lipinski definition) is 3. The number of nitrogens with zero attached hydrogens (tertiary/aromatic N) is 1. The molecule has 176 valence electrons. The van der Waals surface area contributed by atoms with Gasteiger partial charge in [0.1, 0.15) is 11.3 Å². The van der Waals surface area contributed by atoms with Crippen molar-refractivity contribution in [1.29, 1.82) is 0 Å². The summed E-state index contributed by atoms with van der Waals surface area (Å²) in [6, 6.07) is 11.4. The second kappa shape index (κ2) is 8.11. The first-order valence-corrected chi connectivity index (χ1v) is 11.3. The first kappa shape index (κ1) is 22.4. The number of fused-ring (bicyclic) bond motifs is 4. The molecule has 2 saturated heterocycles. The number of amides is 4. The van der Waals surface area contributed by atoms with Crippen LogP contribution in [-0.4, -0.2) is 41.7 Å². The number of carbonyl (C=O) groups is 4. The topological polar surface area (TPSA) is 131 Å². The minimum Gasteiger partial charge on any atom is -0.497 e. The van der Waals surface area contributed by atoms with E-state index in [4.69, 9.17) is 22.1 Å². The van der Waals surface area contributed by atoms with E-state index in [0.717, 1.165) is 5.56 Å². The van der Waals surface area contributed by atoms with E-state index in [-0.39, 0.29) is 25.3 Å².